The van der Waals surface area contributed by atoms with Crippen molar-refractivity contribution in [3.63, 3.8) is 0 Å². The highest BCUT2D eigenvalue weighted by atomic mass is 32.1. The number of nitrogens with one attached hydrogen (secondary N) is 2. The summed E-state index contributed by atoms with van der Waals surface area (Å²) < 4.78 is 2.21. The maximum Gasteiger partial charge on any atom is 0.270 e. The molecule has 0 atom stereocenters. The van der Waals surface area contributed by atoms with Crippen LogP contribution in [0.4, 0.5) is 0 Å². The van der Waals surface area contributed by atoms with Crippen LogP contribution in [0.25, 0.3) is 5.69 Å². The van der Waals surface area contributed by atoms with Gasteiger partial charge in [0, 0.05) is 23.0 Å². The van der Waals surface area contributed by atoms with Crippen LogP contribution in [-0.2, 0) is 6.54 Å². The fourth-order valence-electron chi connectivity index (χ4n) is 2.10. The van der Waals surface area contributed by atoms with Crippen molar-refractivity contribution in [2.75, 3.05) is 0 Å². The number of carbonyl (C=O) groups is 1. The molecule has 0 aliphatic rings. The van der Waals surface area contributed by atoms with Crippen molar-refractivity contribution in [1.29, 1.82) is 0 Å². The van der Waals surface area contributed by atoms with Gasteiger partial charge in [-0.2, -0.15) is 0 Å². The molecule has 5 nitrogen and oxygen atoms in total. The van der Waals surface area contributed by atoms with E-state index in [2.05, 4.69) is 15.3 Å². The molecule has 2 aromatic heterocycles. The Hall–Kier alpha value is -2.25. The number of imidazole rings is 1. The van der Waals surface area contributed by atoms with Gasteiger partial charge in [-0.05, 0) is 31.3 Å². The molecule has 0 radical (unpaired) electrons. The molecule has 0 saturated heterocycles. The Kier molecular flexibility index (Phi) is 4.17. The number of benzene rings is 1. The predicted molar refractivity (Wildman–Crippen MR) is 89.0 cm³/mol. The lowest BCUT2D eigenvalue weighted by Gasteiger charge is -2.08. The fourth-order valence-corrected chi connectivity index (χ4v) is 3.07. The van der Waals surface area contributed by atoms with Crippen molar-refractivity contribution in [2.24, 2.45) is 0 Å². The molecule has 1 amide bonds. The Morgan fingerprint density at radius 1 is 1.41 bits per heavy atom. The Balaban J connectivity index is 1.83. The average Bonchev–Trinajstić information content (AvgIpc) is 3.11. The highest BCUT2D eigenvalue weighted by molar-refractivity contribution is 7.71. The number of hydrogen-bond donors (Lipinski definition) is 2. The summed E-state index contributed by atoms with van der Waals surface area (Å²) in [5, 5.41) is 5.72. The summed E-state index contributed by atoms with van der Waals surface area (Å²) in [6.07, 6.45) is 1.62. The summed E-state index contributed by atoms with van der Waals surface area (Å²) >= 11 is 6.80. The number of carbonyl (C=O) groups excluding carboxylic acids is 1. The van der Waals surface area contributed by atoms with Gasteiger partial charge in [-0.15, -0.1) is 11.3 Å². The molecular formula is C15H14N4OS2. The van der Waals surface area contributed by atoms with E-state index in [1.165, 1.54) is 11.3 Å². The number of H-pyrrole nitrogens is 1. The minimum atomic E-state index is -0.191. The van der Waals surface area contributed by atoms with Gasteiger partial charge in [0.1, 0.15) is 10.7 Å². The molecular weight excluding hydrogens is 316 g/mol. The van der Waals surface area contributed by atoms with Gasteiger partial charge in [0.25, 0.3) is 5.91 Å². The molecule has 2 heterocycles. The molecule has 2 N–H and O–H groups in total. The number of aryl methyl sites for hydroxylation is 1. The summed E-state index contributed by atoms with van der Waals surface area (Å²) in [5.41, 5.74) is 2.29. The third kappa shape index (κ3) is 3.00. The van der Waals surface area contributed by atoms with Crippen LogP contribution in [0.5, 0.6) is 0 Å². The van der Waals surface area contributed by atoms with E-state index in [1.807, 2.05) is 42.6 Å². The van der Waals surface area contributed by atoms with Gasteiger partial charge in [0.15, 0.2) is 4.77 Å². The van der Waals surface area contributed by atoms with Crippen LogP contribution in [0.15, 0.2) is 41.9 Å². The van der Waals surface area contributed by atoms with Crippen molar-refractivity contribution in [1.82, 2.24) is 19.9 Å². The lowest BCUT2D eigenvalue weighted by atomic mass is 10.3. The zero-order valence-corrected chi connectivity index (χ0v) is 13.5. The van der Waals surface area contributed by atoms with Crippen LogP contribution in [0, 0.1) is 11.7 Å². The normalized spacial score (nSPS) is 10.6. The van der Waals surface area contributed by atoms with Crippen LogP contribution in [0.2, 0.25) is 0 Å². The van der Waals surface area contributed by atoms with Gasteiger partial charge in [-0.1, -0.05) is 18.2 Å². The maximum absolute atomic E-state index is 12.4. The third-order valence-corrected chi connectivity index (χ3v) is 4.36. The van der Waals surface area contributed by atoms with Crippen molar-refractivity contribution < 1.29 is 4.79 Å². The van der Waals surface area contributed by atoms with Crippen LogP contribution in [0.3, 0.4) is 0 Å². The molecule has 3 rings (SSSR count). The fraction of sp³-hybridized carbons (Fsp3) is 0.133. The number of rotatable bonds is 4. The molecule has 0 spiro atoms. The monoisotopic (exact) mass is 330 g/mol. The lowest BCUT2D eigenvalue weighted by molar-refractivity contribution is 0.0944. The zero-order valence-electron chi connectivity index (χ0n) is 11.9. The van der Waals surface area contributed by atoms with Crippen LogP contribution >= 0.6 is 23.6 Å². The minimum Gasteiger partial charge on any atom is -0.344 e. The van der Waals surface area contributed by atoms with Gasteiger partial charge >= 0.3 is 0 Å². The molecule has 3 aromatic rings. The van der Waals surface area contributed by atoms with Gasteiger partial charge < -0.3 is 10.3 Å². The Morgan fingerprint density at radius 2 is 2.18 bits per heavy atom. The molecule has 0 aliphatic heterocycles. The summed E-state index contributed by atoms with van der Waals surface area (Å²) in [6, 6.07) is 9.55. The van der Waals surface area contributed by atoms with E-state index in [0.29, 0.717) is 17.0 Å². The van der Waals surface area contributed by atoms with Gasteiger partial charge in [-0.3, -0.25) is 9.36 Å². The van der Waals surface area contributed by atoms with E-state index in [9.17, 15) is 4.79 Å². The van der Waals surface area contributed by atoms with E-state index in [-0.39, 0.29) is 5.91 Å². The highest BCUT2D eigenvalue weighted by Crippen LogP contribution is 2.13. The number of amides is 1. The predicted octanol–water partition coefficient (Wildman–Crippen LogP) is 3.23. The Bertz CT molecular complexity index is 848. The first-order chi connectivity index (χ1) is 10.6. The SMILES string of the molecule is Cc1csc(CNC(=O)c2c[nH]c(=S)n2-c2ccccc2)n1. The Labute approximate surface area is 136 Å². The molecule has 22 heavy (non-hydrogen) atoms. The second kappa shape index (κ2) is 6.25. The van der Waals surface area contributed by atoms with Crippen molar-refractivity contribution >= 4 is 29.5 Å². The summed E-state index contributed by atoms with van der Waals surface area (Å²) in [5.74, 6) is -0.191. The van der Waals surface area contributed by atoms with E-state index in [1.54, 1.807) is 10.8 Å². The van der Waals surface area contributed by atoms with Crippen molar-refractivity contribution in [3.8, 4) is 5.69 Å². The second-order valence-corrected chi connectivity index (χ2v) is 6.04. The van der Waals surface area contributed by atoms with Crippen molar-refractivity contribution in [3.05, 3.63) is 63.1 Å². The topological polar surface area (TPSA) is 62.7 Å². The minimum absolute atomic E-state index is 0.191. The number of aromatic nitrogens is 3. The average molecular weight is 330 g/mol. The van der Waals surface area contributed by atoms with E-state index in [0.717, 1.165) is 16.4 Å². The highest BCUT2D eigenvalue weighted by Gasteiger charge is 2.14. The molecule has 0 bridgehead atoms. The summed E-state index contributed by atoms with van der Waals surface area (Å²) in [4.78, 5) is 19.7. The molecule has 0 fully saturated rings. The summed E-state index contributed by atoms with van der Waals surface area (Å²) in [7, 11) is 0. The lowest BCUT2D eigenvalue weighted by Crippen LogP contribution is -2.25. The largest absolute Gasteiger partial charge is 0.344 e. The Morgan fingerprint density at radius 3 is 2.86 bits per heavy atom. The number of thiazole rings is 1. The van der Waals surface area contributed by atoms with E-state index < -0.39 is 0 Å². The van der Waals surface area contributed by atoms with Crippen LogP contribution < -0.4 is 5.32 Å². The second-order valence-electron chi connectivity index (χ2n) is 4.72. The smallest absolute Gasteiger partial charge is 0.270 e. The third-order valence-electron chi connectivity index (χ3n) is 3.09. The molecule has 0 aliphatic carbocycles. The number of aromatic amines is 1. The number of nitrogens with zero attached hydrogens (tertiary/aromatic N) is 2. The standard InChI is InChI=1S/C15H14N4OS2/c1-10-9-22-13(18-10)8-16-14(20)12-7-17-15(21)19(12)11-5-3-2-4-6-11/h2-7,9H,8H2,1H3,(H,16,20)(H,17,21). The van der Waals surface area contributed by atoms with Crippen molar-refractivity contribution in [2.45, 2.75) is 13.5 Å². The molecule has 112 valence electrons. The van der Waals surface area contributed by atoms with Crippen LogP contribution in [0.1, 0.15) is 21.2 Å². The van der Waals surface area contributed by atoms with E-state index >= 15 is 0 Å². The van der Waals surface area contributed by atoms with E-state index in [4.69, 9.17) is 12.2 Å². The molecule has 1 aromatic carbocycles. The molecule has 7 heteroatoms. The van der Waals surface area contributed by atoms with Gasteiger partial charge in [-0.25, -0.2) is 4.98 Å². The number of para-hydroxylation sites is 1. The first kappa shape index (κ1) is 14.7. The number of hydrogen-bond acceptors (Lipinski definition) is 4. The zero-order chi connectivity index (χ0) is 15.5. The quantitative estimate of drug-likeness (QED) is 0.722. The van der Waals surface area contributed by atoms with Crippen LogP contribution in [-0.4, -0.2) is 20.4 Å². The first-order valence-electron chi connectivity index (χ1n) is 6.70. The van der Waals surface area contributed by atoms with Gasteiger partial charge in [0.05, 0.1) is 6.54 Å². The molecule has 0 unspecified atom stereocenters. The molecule has 0 saturated carbocycles. The summed E-state index contributed by atoms with van der Waals surface area (Å²) in [6.45, 7) is 2.34. The van der Waals surface area contributed by atoms with Gasteiger partial charge in [0.2, 0.25) is 0 Å². The first-order valence-corrected chi connectivity index (χ1v) is 7.99. The maximum atomic E-state index is 12.4.